The molecule has 0 bridgehead atoms. The van der Waals surface area contributed by atoms with Crippen molar-refractivity contribution in [3.8, 4) is 33.6 Å². The maximum absolute atomic E-state index is 6.23. The first kappa shape index (κ1) is 33.4. The first-order valence-electron chi connectivity index (χ1n) is 21.1. The van der Waals surface area contributed by atoms with E-state index in [-0.39, 0.29) is 5.41 Å². The third kappa shape index (κ3) is 4.47. The molecule has 0 spiro atoms. The maximum Gasteiger partial charge on any atom is 0.135 e. The minimum atomic E-state index is -0.129. The lowest BCUT2D eigenvalue weighted by Gasteiger charge is -2.22. The van der Waals surface area contributed by atoms with Crippen molar-refractivity contribution in [2.24, 2.45) is 0 Å². The van der Waals surface area contributed by atoms with Gasteiger partial charge in [-0.15, -0.1) is 11.3 Å². The lowest BCUT2D eigenvalue weighted by Crippen LogP contribution is -2.15. The molecule has 0 N–H and O–H groups in total. The standard InChI is InChI=1S/C57H36N2OS/c1-57(2)46-26-25-42-41-14-6-10-18-54(41)61-56(42)55(46)43-24-21-36(32-47(43)57)58-49-16-8-4-12-38(49)44-29-33(20-27-50(44)58)34-19-23-39-37-11-3-7-15-48(37)59(51(39)30-34)35-22-28-53-45(31-35)40-13-5-9-17-52(40)60-53/h3-32H,1-2H3. The Hall–Kier alpha value is -7.40. The summed E-state index contributed by atoms with van der Waals surface area (Å²) in [6, 6.07) is 67.3. The average Bonchev–Trinajstić information content (AvgIpc) is 4.09. The van der Waals surface area contributed by atoms with Crippen LogP contribution in [-0.2, 0) is 5.41 Å². The summed E-state index contributed by atoms with van der Waals surface area (Å²) < 4.78 is 13.9. The van der Waals surface area contributed by atoms with Crippen LogP contribution in [0.15, 0.2) is 186 Å². The van der Waals surface area contributed by atoms with Gasteiger partial charge < -0.3 is 13.6 Å². The Bertz CT molecular complexity index is 4040. The second kappa shape index (κ2) is 11.9. The Morgan fingerprint density at radius 3 is 1.87 bits per heavy atom. The molecule has 13 aromatic rings. The van der Waals surface area contributed by atoms with Crippen molar-refractivity contribution in [3.05, 3.63) is 193 Å². The summed E-state index contributed by atoms with van der Waals surface area (Å²) in [7, 11) is 0. The molecule has 0 radical (unpaired) electrons. The monoisotopic (exact) mass is 796 g/mol. The number of furan rings is 1. The van der Waals surface area contributed by atoms with Crippen molar-refractivity contribution >= 4 is 97.1 Å². The summed E-state index contributed by atoms with van der Waals surface area (Å²) in [5.74, 6) is 0. The molecule has 0 atom stereocenters. The van der Waals surface area contributed by atoms with Crippen LogP contribution in [0.2, 0.25) is 0 Å². The van der Waals surface area contributed by atoms with Gasteiger partial charge in [-0.2, -0.15) is 0 Å². The van der Waals surface area contributed by atoms with Gasteiger partial charge in [0.05, 0.1) is 22.1 Å². The van der Waals surface area contributed by atoms with E-state index >= 15 is 0 Å². The zero-order chi connectivity index (χ0) is 40.1. The third-order valence-corrected chi connectivity index (χ3v) is 14.9. The highest BCUT2D eigenvalue weighted by molar-refractivity contribution is 7.26. The molecule has 4 heterocycles. The van der Waals surface area contributed by atoms with E-state index in [1.807, 2.05) is 23.5 Å². The number of benzene rings is 9. The lowest BCUT2D eigenvalue weighted by atomic mass is 9.82. The third-order valence-electron chi connectivity index (χ3n) is 13.7. The fourth-order valence-corrected chi connectivity index (χ4v) is 12.1. The molecule has 4 heteroatoms. The number of fused-ring (bicyclic) bond motifs is 16. The smallest absolute Gasteiger partial charge is 0.135 e. The van der Waals surface area contributed by atoms with E-state index in [1.165, 1.54) is 103 Å². The number of aromatic nitrogens is 2. The molecule has 1 aliphatic rings. The molecular weight excluding hydrogens is 761 g/mol. The number of nitrogens with zero attached hydrogens (tertiary/aromatic N) is 2. The predicted octanol–water partition coefficient (Wildman–Crippen LogP) is 16.1. The van der Waals surface area contributed by atoms with Gasteiger partial charge in [0, 0.05) is 74.8 Å². The van der Waals surface area contributed by atoms with Crippen molar-refractivity contribution in [1.82, 2.24) is 9.13 Å². The van der Waals surface area contributed by atoms with E-state index in [0.717, 1.165) is 27.6 Å². The van der Waals surface area contributed by atoms with Crippen LogP contribution in [0.4, 0.5) is 0 Å². The zero-order valence-corrected chi connectivity index (χ0v) is 34.3. The Morgan fingerprint density at radius 1 is 0.410 bits per heavy atom. The van der Waals surface area contributed by atoms with Crippen LogP contribution in [0.3, 0.4) is 0 Å². The second-order valence-electron chi connectivity index (χ2n) is 17.3. The first-order chi connectivity index (χ1) is 30.0. The molecule has 14 rings (SSSR count). The van der Waals surface area contributed by atoms with Gasteiger partial charge >= 0.3 is 0 Å². The predicted molar refractivity (Wildman–Crippen MR) is 258 cm³/mol. The van der Waals surface area contributed by atoms with Crippen LogP contribution < -0.4 is 0 Å². The summed E-state index contributed by atoms with van der Waals surface area (Å²) >= 11 is 1.93. The number of para-hydroxylation sites is 3. The van der Waals surface area contributed by atoms with Gasteiger partial charge in [0.2, 0.25) is 0 Å². The molecule has 0 saturated carbocycles. The molecule has 9 aromatic carbocycles. The normalized spacial score (nSPS) is 13.5. The van der Waals surface area contributed by atoms with E-state index in [1.54, 1.807) is 0 Å². The molecule has 1 aliphatic carbocycles. The van der Waals surface area contributed by atoms with Crippen molar-refractivity contribution in [1.29, 1.82) is 0 Å². The van der Waals surface area contributed by atoms with Crippen molar-refractivity contribution in [2.75, 3.05) is 0 Å². The summed E-state index contributed by atoms with van der Waals surface area (Å²) in [6.45, 7) is 4.79. The topological polar surface area (TPSA) is 23.0 Å². The van der Waals surface area contributed by atoms with Gasteiger partial charge in [0.1, 0.15) is 11.2 Å². The lowest BCUT2D eigenvalue weighted by molar-refractivity contribution is 0.660. The highest BCUT2D eigenvalue weighted by Gasteiger charge is 2.37. The Morgan fingerprint density at radius 2 is 1.02 bits per heavy atom. The van der Waals surface area contributed by atoms with E-state index in [2.05, 4.69) is 193 Å². The van der Waals surface area contributed by atoms with Gasteiger partial charge in [-0.05, 0) is 101 Å². The molecular formula is C57H36N2OS. The van der Waals surface area contributed by atoms with Gasteiger partial charge in [-0.25, -0.2) is 0 Å². The van der Waals surface area contributed by atoms with Gasteiger partial charge in [0.15, 0.2) is 0 Å². The minimum absolute atomic E-state index is 0.129. The minimum Gasteiger partial charge on any atom is -0.456 e. The van der Waals surface area contributed by atoms with Crippen LogP contribution in [0.25, 0.3) is 119 Å². The summed E-state index contributed by atoms with van der Waals surface area (Å²) in [6.07, 6.45) is 0. The molecule has 0 unspecified atom stereocenters. The van der Waals surface area contributed by atoms with E-state index < -0.39 is 0 Å². The number of hydrogen-bond donors (Lipinski definition) is 0. The highest BCUT2D eigenvalue weighted by atomic mass is 32.1. The Balaban J connectivity index is 0.931. The van der Waals surface area contributed by atoms with Gasteiger partial charge in [0.25, 0.3) is 0 Å². The van der Waals surface area contributed by atoms with Crippen molar-refractivity contribution in [3.63, 3.8) is 0 Å². The van der Waals surface area contributed by atoms with Crippen molar-refractivity contribution in [2.45, 2.75) is 19.3 Å². The maximum atomic E-state index is 6.23. The quantitative estimate of drug-likeness (QED) is 0.175. The highest BCUT2D eigenvalue weighted by Crippen LogP contribution is 2.54. The molecule has 0 fully saturated rings. The molecule has 61 heavy (non-hydrogen) atoms. The Labute approximate surface area is 354 Å². The molecule has 3 nitrogen and oxygen atoms in total. The summed E-state index contributed by atoms with van der Waals surface area (Å²) in [4.78, 5) is 0. The molecule has 0 aliphatic heterocycles. The zero-order valence-electron chi connectivity index (χ0n) is 33.5. The summed E-state index contributed by atoms with van der Waals surface area (Å²) in [5, 5.41) is 9.96. The average molecular weight is 797 g/mol. The van der Waals surface area contributed by atoms with Crippen molar-refractivity contribution < 1.29 is 4.42 Å². The fourth-order valence-electron chi connectivity index (χ4n) is 10.8. The fraction of sp³-hybridized carbons (Fsp3) is 0.0526. The molecule has 0 saturated heterocycles. The SMILES string of the molecule is CC1(C)c2cc(-n3c4ccccc4c4cc(-c5ccc6c7ccccc7n(-c7ccc8oc9ccccc9c8c7)c6c5)ccc43)ccc2-c2c1ccc1c2sc2ccccc21. The van der Waals surface area contributed by atoms with Crippen LogP contribution >= 0.6 is 11.3 Å². The molecule has 4 aromatic heterocycles. The van der Waals surface area contributed by atoms with Crippen LogP contribution in [0.5, 0.6) is 0 Å². The largest absolute Gasteiger partial charge is 0.456 e. The van der Waals surface area contributed by atoms with Crippen LogP contribution in [-0.4, -0.2) is 9.13 Å². The first-order valence-corrected chi connectivity index (χ1v) is 21.9. The van der Waals surface area contributed by atoms with Crippen LogP contribution in [0.1, 0.15) is 25.0 Å². The number of rotatable bonds is 3. The Kier molecular flexibility index (Phi) is 6.51. The van der Waals surface area contributed by atoms with E-state index in [4.69, 9.17) is 4.42 Å². The van der Waals surface area contributed by atoms with E-state index in [9.17, 15) is 0 Å². The second-order valence-corrected chi connectivity index (χ2v) is 18.3. The number of thiophene rings is 1. The van der Waals surface area contributed by atoms with Gasteiger partial charge in [-0.3, -0.25) is 0 Å². The van der Waals surface area contributed by atoms with E-state index in [0.29, 0.717) is 0 Å². The number of hydrogen-bond acceptors (Lipinski definition) is 2. The molecule has 0 amide bonds. The van der Waals surface area contributed by atoms with Gasteiger partial charge in [-0.1, -0.05) is 123 Å². The molecule has 286 valence electrons. The van der Waals surface area contributed by atoms with Crippen LogP contribution in [0, 0.1) is 0 Å². The summed E-state index contributed by atoms with van der Waals surface area (Å²) in [5.41, 5.74) is 16.7.